The van der Waals surface area contributed by atoms with Crippen molar-refractivity contribution in [2.24, 2.45) is 5.92 Å². The van der Waals surface area contributed by atoms with Crippen LogP contribution in [0.4, 0.5) is 4.39 Å². The van der Waals surface area contributed by atoms with Crippen molar-refractivity contribution in [2.45, 2.75) is 44.2 Å². The Morgan fingerprint density at radius 3 is 2.69 bits per heavy atom. The highest BCUT2D eigenvalue weighted by Crippen LogP contribution is 2.50. The maximum absolute atomic E-state index is 13.1. The lowest BCUT2D eigenvalue weighted by atomic mass is 9.80. The molecule has 1 saturated heterocycles. The van der Waals surface area contributed by atoms with Crippen LogP contribution < -0.4 is 5.32 Å². The standard InChI is InChI=1S/C25H27FN4O2/c1-17-27-24(32-29-17)25-13-22(28-23(31)11-18-7-9-21(26)10-8-18)12-20(25)15-30(16-25)14-19-5-3-2-4-6-19/h2-10,20,22H,11-16H2,1H3,(H,28,31)/t20-,22+,25-/m0/s1. The summed E-state index contributed by atoms with van der Waals surface area (Å²) in [4.78, 5) is 19.7. The van der Waals surface area contributed by atoms with Crippen LogP contribution in [0.25, 0.3) is 0 Å². The number of halogens is 1. The lowest BCUT2D eigenvalue weighted by Gasteiger charge is -2.25. The predicted octanol–water partition coefficient (Wildman–Crippen LogP) is 3.41. The SMILES string of the molecule is Cc1noc([C@]23C[C@H](NC(=O)Cc4ccc(F)cc4)C[C@H]2CN(Cc2ccccc2)C3)n1. The normalized spacial score (nSPS) is 25.1. The molecule has 2 heterocycles. The van der Waals surface area contributed by atoms with Crippen molar-refractivity contribution in [1.29, 1.82) is 0 Å². The van der Waals surface area contributed by atoms with Crippen molar-refractivity contribution < 1.29 is 13.7 Å². The van der Waals surface area contributed by atoms with E-state index in [4.69, 9.17) is 4.52 Å². The smallest absolute Gasteiger partial charge is 0.234 e. The van der Waals surface area contributed by atoms with Crippen LogP contribution in [-0.2, 0) is 23.2 Å². The summed E-state index contributed by atoms with van der Waals surface area (Å²) >= 11 is 0. The number of fused-ring (bicyclic) bond motifs is 1. The Morgan fingerprint density at radius 1 is 1.19 bits per heavy atom. The van der Waals surface area contributed by atoms with Crippen LogP contribution in [-0.4, -0.2) is 40.1 Å². The number of amides is 1. The molecular weight excluding hydrogens is 407 g/mol. The zero-order valence-electron chi connectivity index (χ0n) is 18.1. The summed E-state index contributed by atoms with van der Waals surface area (Å²) in [6.07, 6.45) is 1.90. The monoisotopic (exact) mass is 434 g/mol. The molecule has 0 bridgehead atoms. The lowest BCUT2D eigenvalue weighted by molar-refractivity contribution is -0.121. The number of aryl methyl sites for hydroxylation is 1. The lowest BCUT2D eigenvalue weighted by Crippen LogP contribution is -2.38. The summed E-state index contributed by atoms with van der Waals surface area (Å²) in [5, 5.41) is 7.25. The van der Waals surface area contributed by atoms with Gasteiger partial charge in [0.2, 0.25) is 11.8 Å². The van der Waals surface area contributed by atoms with E-state index in [1.165, 1.54) is 17.7 Å². The molecular formula is C25H27FN4O2. The van der Waals surface area contributed by atoms with Crippen LogP contribution >= 0.6 is 0 Å². The second kappa shape index (κ2) is 8.47. The van der Waals surface area contributed by atoms with Gasteiger partial charge in [-0.2, -0.15) is 4.98 Å². The predicted molar refractivity (Wildman–Crippen MR) is 117 cm³/mol. The number of rotatable bonds is 6. The zero-order valence-corrected chi connectivity index (χ0v) is 18.1. The molecule has 2 aromatic carbocycles. The fourth-order valence-electron chi connectivity index (χ4n) is 5.44. The molecule has 2 aliphatic rings. The van der Waals surface area contributed by atoms with Gasteiger partial charge in [-0.3, -0.25) is 9.69 Å². The van der Waals surface area contributed by atoms with Gasteiger partial charge in [0, 0.05) is 25.7 Å². The molecule has 7 heteroatoms. The van der Waals surface area contributed by atoms with Gasteiger partial charge in [-0.1, -0.05) is 47.6 Å². The van der Waals surface area contributed by atoms with E-state index in [0.717, 1.165) is 38.0 Å². The average molecular weight is 435 g/mol. The fourth-order valence-corrected chi connectivity index (χ4v) is 5.44. The zero-order chi connectivity index (χ0) is 22.1. The van der Waals surface area contributed by atoms with E-state index in [2.05, 4.69) is 44.6 Å². The Balaban J connectivity index is 1.29. The molecule has 5 rings (SSSR count). The molecule has 1 N–H and O–H groups in total. The van der Waals surface area contributed by atoms with Crippen LogP contribution in [0.5, 0.6) is 0 Å². The maximum atomic E-state index is 13.1. The van der Waals surface area contributed by atoms with Gasteiger partial charge in [-0.25, -0.2) is 4.39 Å². The number of likely N-dealkylation sites (tertiary alicyclic amines) is 1. The van der Waals surface area contributed by atoms with Crippen molar-refractivity contribution in [3.8, 4) is 0 Å². The van der Waals surface area contributed by atoms with Crippen molar-refractivity contribution in [3.05, 3.63) is 83.3 Å². The third-order valence-corrected chi connectivity index (χ3v) is 6.79. The Hall–Kier alpha value is -3.06. The highest BCUT2D eigenvalue weighted by atomic mass is 19.1. The summed E-state index contributed by atoms with van der Waals surface area (Å²) in [7, 11) is 0. The quantitative estimate of drug-likeness (QED) is 0.644. The molecule has 0 unspecified atom stereocenters. The summed E-state index contributed by atoms with van der Waals surface area (Å²) < 4.78 is 18.8. The van der Waals surface area contributed by atoms with Gasteiger partial charge in [0.15, 0.2) is 5.82 Å². The Bertz CT molecular complexity index is 1080. The third-order valence-electron chi connectivity index (χ3n) is 6.79. The number of hydrogen-bond acceptors (Lipinski definition) is 5. The topological polar surface area (TPSA) is 71.3 Å². The molecule has 32 heavy (non-hydrogen) atoms. The molecule has 1 saturated carbocycles. The number of carbonyl (C=O) groups is 1. The third kappa shape index (κ3) is 4.17. The first-order chi connectivity index (χ1) is 15.5. The number of aromatic nitrogens is 2. The van der Waals surface area contributed by atoms with E-state index in [-0.39, 0.29) is 29.6 Å². The van der Waals surface area contributed by atoms with E-state index in [1.807, 2.05) is 13.0 Å². The highest BCUT2D eigenvalue weighted by Gasteiger charge is 2.57. The molecule has 1 aromatic heterocycles. The number of nitrogens with one attached hydrogen (secondary N) is 1. The molecule has 3 aromatic rings. The Kier molecular flexibility index (Phi) is 5.51. The van der Waals surface area contributed by atoms with E-state index in [1.54, 1.807) is 12.1 Å². The van der Waals surface area contributed by atoms with Gasteiger partial charge < -0.3 is 9.84 Å². The molecule has 166 valence electrons. The molecule has 1 aliphatic heterocycles. The van der Waals surface area contributed by atoms with Crippen LogP contribution in [0.2, 0.25) is 0 Å². The van der Waals surface area contributed by atoms with Gasteiger partial charge in [0.25, 0.3) is 0 Å². The van der Waals surface area contributed by atoms with Gasteiger partial charge in [-0.05, 0) is 48.9 Å². The summed E-state index contributed by atoms with van der Waals surface area (Å²) in [6, 6.07) is 16.6. The van der Waals surface area contributed by atoms with E-state index >= 15 is 0 Å². The molecule has 0 radical (unpaired) electrons. The second-order valence-electron chi connectivity index (χ2n) is 9.16. The van der Waals surface area contributed by atoms with Crippen LogP contribution in [0, 0.1) is 18.7 Å². The first-order valence-corrected chi connectivity index (χ1v) is 11.1. The van der Waals surface area contributed by atoms with Crippen molar-refractivity contribution in [3.63, 3.8) is 0 Å². The van der Waals surface area contributed by atoms with Crippen LogP contribution in [0.1, 0.15) is 35.7 Å². The van der Waals surface area contributed by atoms with Gasteiger partial charge in [-0.15, -0.1) is 0 Å². The fraction of sp³-hybridized carbons (Fsp3) is 0.400. The van der Waals surface area contributed by atoms with Crippen LogP contribution in [0.3, 0.4) is 0 Å². The minimum atomic E-state index is -0.297. The molecule has 1 amide bonds. The van der Waals surface area contributed by atoms with E-state index in [9.17, 15) is 9.18 Å². The summed E-state index contributed by atoms with van der Waals surface area (Å²) in [5.74, 6) is 1.32. The second-order valence-corrected chi connectivity index (χ2v) is 9.16. The molecule has 0 spiro atoms. The molecule has 2 fully saturated rings. The maximum Gasteiger partial charge on any atom is 0.234 e. The Labute approximate surface area is 186 Å². The van der Waals surface area contributed by atoms with E-state index < -0.39 is 0 Å². The highest BCUT2D eigenvalue weighted by molar-refractivity contribution is 5.78. The summed E-state index contributed by atoms with van der Waals surface area (Å²) in [6.45, 7) is 4.49. The molecule has 1 aliphatic carbocycles. The van der Waals surface area contributed by atoms with Crippen molar-refractivity contribution >= 4 is 5.91 Å². The van der Waals surface area contributed by atoms with E-state index in [0.29, 0.717) is 17.6 Å². The van der Waals surface area contributed by atoms with Gasteiger partial charge in [0.1, 0.15) is 5.82 Å². The molecule has 6 nitrogen and oxygen atoms in total. The first kappa shape index (κ1) is 20.8. The van der Waals surface area contributed by atoms with Gasteiger partial charge >= 0.3 is 0 Å². The Morgan fingerprint density at radius 2 is 1.97 bits per heavy atom. The minimum Gasteiger partial charge on any atom is -0.353 e. The van der Waals surface area contributed by atoms with Crippen molar-refractivity contribution in [1.82, 2.24) is 20.4 Å². The van der Waals surface area contributed by atoms with Crippen molar-refractivity contribution in [2.75, 3.05) is 13.1 Å². The number of benzene rings is 2. The number of carbonyl (C=O) groups excluding carboxylic acids is 1. The summed E-state index contributed by atoms with van der Waals surface area (Å²) in [5.41, 5.74) is 1.84. The number of nitrogens with zero attached hydrogens (tertiary/aromatic N) is 3. The minimum absolute atomic E-state index is 0.0421. The molecule has 3 atom stereocenters. The first-order valence-electron chi connectivity index (χ1n) is 11.1. The average Bonchev–Trinajstić information content (AvgIpc) is 3.43. The number of hydrogen-bond donors (Lipinski definition) is 1. The largest absolute Gasteiger partial charge is 0.353 e. The van der Waals surface area contributed by atoms with Gasteiger partial charge in [0.05, 0.1) is 11.8 Å². The van der Waals surface area contributed by atoms with Crippen LogP contribution in [0.15, 0.2) is 59.1 Å².